The predicted molar refractivity (Wildman–Crippen MR) is 96.9 cm³/mol. The van der Waals surface area contributed by atoms with Crippen LogP contribution in [0.2, 0.25) is 0 Å². The van der Waals surface area contributed by atoms with E-state index in [0.29, 0.717) is 25.8 Å². The Morgan fingerprint density at radius 2 is 1.84 bits per heavy atom. The van der Waals surface area contributed by atoms with E-state index < -0.39 is 0 Å². The number of aromatic nitrogens is 2. The Kier molecular flexibility index (Phi) is 5.18. The van der Waals surface area contributed by atoms with Gasteiger partial charge in [-0.1, -0.05) is 18.2 Å². The van der Waals surface area contributed by atoms with Gasteiger partial charge in [0, 0.05) is 13.0 Å². The molecule has 0 unspecified atom stereocenters. The highest BCUT2D eigenvalue weighted by Gasteiger charge is 2.04. The average Bonchev–Trinajstić information content (AvgIpc) is 2.99. The molecule has 6 heteroatoms. The number of nitrogens with one attached hydrogen (secondary N) is 3. The second-order valence-corrected chi connectivity index (χ2v) is 5.91. The molecule has 6 nitrogen and oxygen atoms in total. The first kappa shape index (κ1) is 16.8. The SMILES string of the molecule is COc1cccc(CCC(=O)NCCc2ccc3[nH]c(=O)[nH]c3c2)c1. The zero-order valence-corrected chi connectivity index (χ0v) is 14.1. The van der Waals surface area contributed by atoms with Crippen LogP contribution in [0, 0.1) is 0 Å². The molecular weight excluding hydrogens is 318 g/mol. The molecule has 1 heterocycles. The standard InChI is InChI=1S/C19H21N3O3/c1-25-15-4-2-3-13(11-15)6-8-18(23)20-10-9-14-5-7-16-17(12-14)22-19(24)21-16/h2-5,7,11-12H,6,8-10H2,1H3,(H,20,23)(H2,21,22,24). The van der Waals surface area contributed by atoms with E-state index in [1.807, 2.05) is 42.5 Å². The van der Waals surface area contributed by atoms with Gasteiger partial charge >= 0.3 is 5.69 Å². The summed E-state index contributed by atoms with van der Waals surface area (Å²) in [6.45, 7) is 0.567. The summed E-state index contributed by atoms with van der Waals surface area (Å²) in [5, 5.41) is 2.93. The maximum Gasteiger partial charge on any atom is 0.323 e. The first-order valence-corrected chi connectivity index (χ1v) is 8.24. The van der Waals surface area contributed by atoms with Crippen molar-refractivity contribution >= 4 is 16.9 Å². The number of benzene rings is 2. The Bertz CT molecular complexity index is 927. The lowest BCUT2D eigenvalue weighted by molar-refractivity contribution is -0.121. The number of hydrogen-bond donors (Lipinski definition) is 3. The molecule has 0 saturated heterocycles. The van der Waals surface area contributed by atoms with E-state index in [9.17, 15) is 9.59 Å². The van der Waals surface area contributed by atoms with E-state index in [0.717, 1.165) is 27.9 Å². The summed E-state index contributed by atoms with van der Waals surface area (Å²) >= 11 is 0. The number of rotatable bonds is 7. The van der Waals surface area contributed by atoms with E-state index in [-0.39, 0.29) is 11.6 Å². The predicted octanol–water partition coefficient (Wildman–Crippen LogP) is 2.16. The average molecular weight is 339 g/mol. The fourth-order valence-corrected chi connectivity index (χ4v) is 2.76. The number of carbonyl (C=O) groups is 1. The summed E-state index contributed by atoms with van der Waals surface area (Å²) < 4.78 is 5.18. The van der Waals surface area contributed by atoms with E-state index in [1.165, 1.54) is 0 Å². The molecule has 2 aromatic carbocycles. The van der Waals surface area contributed by atoms with Crippen LogP contribution in [0.3, 0.4) is 0 Å². The number of fused-ring (bicyclic) bond motifs is 1. The zero-order chi connectivity index (χ0) is 17.6. The van der Waals surface area contributed by atoms with Gasteiger partial charge in [0.25, 0.3) is 0 Å². The van der Waals surface area contributed by atoms with Crippen LogP contribution in [0.4, 0.5) is 0 Å². The van der Waals surface area contributed by atoms with Crippen molar-refractivity contribution in [3.05, 3.63) is 64.1 Å². The fourth-order valence-electron chi connectivity index (χ4n) is 2.76. The number of methoxy groups -OCH3 is 1. The number of hydrogen-bond acceptors (Lipinski definition) is 3. The molecule has 1 aromatic heterocycles. The van der Waals surface area contributed by atoms with Gasteiger partial charge in [-0.2, -0.15) is 0 Å². The quantitative estimate of drug-likeness (QED) is 0.616. The first-order chi connectivity index (χ1) is 12.1. The second kappa shape index (κ2) is 7.70. The normalized spacial score (nSPS) is 10.8. The molecule has 0 aliphatic carbocycles. The van der Waals surface area contributed by atoms with Crippen LogP contribution < -0.4 is 15.7 Å². The zero-order valence-electron chi connectivity index (χ0n) is 14.1. The molecule has 3 aromatic rings. The summed E-state index contributed by atoms with van der Waals surface area (Å²) in [6.07, 6.45) is 1.84. The number of aryl methyl sites for hydroxylation is 1. The van der Waals surface area contributed by atoms with Gasteiger partial charge < -0.3 is 20.0 Å². The lowest BCUT2D eigenvalue weighted by Crippen LogP contribution is -2.25. The van der Waals surface area contributed by atoms with E-state index in [1.54, 1.807) is 7.11 Å². The van der Waals surface area contributed by atoms with Gasteiger partial charge in [-0.25, -0.2) is 4.79 Å². The third kappa shape index (κ3) is 4.50. The van der Waals surface area contributed by atoms with Crippen molar-refractivity contribution < 1.29 is 9.53 Å². The summed E-state index contributed by atoms with van der Waals surface area (Å²) in [5.74, 6) is 0.829. The molecule has 1 amide bonds. The molecule has 0 radical (unpaired) electrons. The number of H-pyrrole nitrogens is 2. The molecule has 0 spiro atoms. The van der Waals surface area contributed by atoms with E-state index in [2.05, 4.69) is 15.3 Å². The number of ether oxygens (including phenoxy) is 1. The third-order valence-corrected chi connectivity index (χ3v) is 4.09. The Hall–Kier alpha value is -3.02. The van der Waals surface area contributed by atoms with Crippen LogP contribution in [-0.2, 0) is 17.6 Å². The van der Waals surface area contributed by atoms with Crippen molar-refractivity contribution in [3.8, 4) is 5.75 Å². The van der Waals surface area contributed by atoms with Gasteiger partial charge in [0.2, 0.25) is 5.91 Å². The summed E-state index contributed by atoms with van der Waals surface area (Å²) in [6, 6.07) is 13.5. The fraction of sp³-hybridized carbons (Fsp3) is 0.263. The number of carbonyl (C=O) groups excluding carboxylic acids is 1. The van der Waals surface area contributed by atoms with Crippen LogP contribution in [-0.4, -0.2) is 29.5 Å². The van der Waals surface area contributed by atoms with Gasteiger partial charge in [-0.15, -0.1) is 0 Å². The summed E-state index contributed by atoms with van der Waals surface area (Å²) in [7, 11) is 1.63. The minimum atomic E-state index is -0.210. The highest BCUT2D eigenvalue weighted by atomic mass is 16.5. The molecule has 0 aliphatic heterocycles. The molecular formula is C19H21N3O3. The lowest BCUT2D eigenvalue weighted by atomic mass is 10.1. The number of aromatic amines is 2. The molecule has 0 aliphatic rings. The maximum absolute atomic E-state index is 12.0. The summed E-state index contributed by atoms with van der Waals surface area (Å²) in [4.78, 5) is 28.7. The van der Waals surface area contributed by atoms with Crippen molar-refractivity contribution in [2.75, 3.05) is 13.7 Å². The van der Waals surface area contributed by atoms with Crippen molar-refractivity contribution in [1.82, 2.24) is 15.3 Å². The minimum Gasteiger partial charge on any atom is -0.497 e. The molecule has 0 fully saturated rings. The summed E-state index contributed by atoms with van der Waals surface area (Å²) in [5.41, 5.74) is 3.51. The molecule has 0 bridgehead atoms. The second-order valence-electron chi connectivity index (χ2n) is 5.91. The third-order valence-electron chi connectivity index (χ3n) is 4.09. The molecule has 0 saturated carbocycles. The molecule has 130 valence electrons. The number of imidazole rings is 1. The maximum atomic E-state index is 12.0. The van der Waals surface area contributed by atoms with Crippen LogP contribution in [0.1, 0.15) is 17.5 Å². The van der Waals surface area contributed by atoms with Gasteiger partial charge in [0.05, 0.1) is 18.1 Å². The highest BCUT2D eigenvalue weighted by molar-refractivity contribution is 5.76. The largest absolute Gasteiger partial charge is 0.497 e. The van der Waals surface area contributed by atoms with Gasteiger partial charge in [-0.3, -0.25) is 4.79 Å². The Labute approximate surface area is 145 Å². The molecule has 0 atom stereocenters. The van der Waals surface area contributed by atoms with Gasteiger partial charge in [0.15, 0.2) is 0 Å². The molecule has 25 heavy (non-hydrogen) atoms. The lowest BCUT2D eigenvalue weighted by Gasteiger charge is -2.07. The first-order valence-electron chi connectivity index (χ1n) is 8.24. The monoisotopic (exact) mass is 339 g/mol. The van der Waals surface area contributed by atoms with Crippen molar-refractivity contribution in [3.63, 3.8) is 0 Å². The van der Waals surface area contributed by atoms with Gasteiger partial charge in [-0.05, 0) is 48.2 Å². The highest BCUT2D eigenvalue weighted by Crippen LogP contribution is 2.14. The van der Waals surface area contributed by atoms with Gasteiger partial charge in [0.1, 0.15) is 5.75 Å². The van der Waals surface area contributed by atoms with E-state index >= 15 is 0 Å². The van der Waals surface area contributed by atoms with Crippen LogP contribution in [0.5, 0.6) is 5.75 Å². The Morgan fingerprint density at radius 3 is 2.68 bits per heavy atom. The van der Waals surface area contributed by atoms with Crippen molar-refractivity contribution in [2.45, 2.75) is 19.3 Å². The van der Waals surface area contributed by atoms with Crippen LogP contribution in [0.25, 0.3) is 11.0 Å². The Balaban J connectivity index is 1.45. The van der Waals surface area contributed by atoms with E-state index in [4.69, 9.17) is 4.74 Å². The topological polar surface area (TPSA) is 87.0 Å². The van der Waals surface area contributed by atoms with Crippen molar-refractivity contribution in [2.24, 2.45) is 0 Å². The smallest absolute Gasteiger partial charge is 0.323 e. The van der Waals surface area contributed by atoms with Crippen LogP contribution >= 0.6 is 0 Å². The Morgan fingerprint density at radius 1 is 1.04 bits per heavy atom. The van der Waals surface area contributed by atoms with Crippen molar-refractivity contribution in [1.29, 1.82) is 0 Å². The molecule has 3 rings (SSSR count). The van der Waals surface area contributed by atoms with Crippen LogP contribution in [0.15, 0.2) is 47.3 Å². The minimum absolute atomic E-state index is 0.0268. The number of amides is 1. The molecule has 3 N–H and O–H groups in total.